The fourth-order valence-electron chi connectivity index (χ4n) is 8.00. The molecule has 0 amide bonds. The summed E-state index contributed by atoms with van der Waals surface area (Å²) in [6.07, 6.45) is 13.3. The van der Waals surface area contributed by atoms with Gasteiger partial charge < -0.3 is 13.6 Å². The van der Waals surface area contributed by atoms with Crippen molar-refractivity contribution < 1.29 is 18.4 Å². The lowest BCUT2D eigenvalue weighted by Gasteiger charge is -2.57. The van der Waals surface area contributed by atoms with E-state index in [4.69, 9.17) is 9.15 Å². The minimum atomic E-state index is -0.370. The van der Waals surface area contributed by atoms with Crippen LogP contribution in [-0.2, 0) is 22.5 Å². The Hall–Kier alpha value is -1.55. The number of carbonyl (C=O) groups is 1. The van der Waals surface area contributed by atoms with E-state index in [1.807, 2.05) is 6.26 Å². The van der Waals surface area contributed by atoms with Gasteiger partial charge >= 0.3 is 5.97 Å². The summed E-state index contributed by atoms with van der Waals surface area (Å²) in [5, 5.41) is 0. The highest BCUT2D eigenvalue weighted by molar-refractivity contribution is 5.77. The van der Waals surface area contributed by atoms with E-state index >= 15 is 0 Å². The van der Waals surface area contributed by atoms with E-state index in [1.165, 1.54) is 49.1 Å². The third kappa shape index (κ3) is 4.33. The number of rotatable bonds is 6. The third-order valence-corrected chi connectivity index (χ3v) is 10.3. The van der Waals surface area contributed by atoms with E-state index in [-0.39, 0.29) is 16.8 Å². The standard InChI is InChI=1S/C29H46NO3/c1-21-11-14-26-28(3,16-9-17-29(26,4)27(31)32-6)24(21)13-12-23-15-19-33-25(23)20-30(5)18-8-7-10-22(30)2/h15,19,22,24,26H,1,7-14,16-18,20H2,2-6H3/q+1/t22-,24+,26+,28-,29+,30+/m1/s1. The van der Waals surface area contributed by atoms with Crippen molar-refractivity contribution in [2.75, 3.05) is 20.7 Å². The van der Waals surface area contributed by atoms with Crippen LogP contribution in [-0.4, -0.2) is 37.2 Å². The number of methoxy groups -OCH3 is 1. The summed E-state index contributed by atoms with van der Waals surface area (Å²) in [5.74, 6) is 1.97. The molecule has 1 aromatic rings. The Balaban J connectivity index is 1.51. The van der Waals surface area contributed by atoms with Gasteiger partial charge in [0.15, 0.2) is 5.76 Å². The second-order valence-electron chi connectivity index (χ2n) is 12.2. The second-order valence-corrected chi connectivity index (χ2v) is 12.2. The van der Waals surface area contributed by atoms with E-state index in [1.54, 1.807) is 7.11 Å². The second kappa shape index (κ2) is 9.24. The number of quaternary nitrogens is 1. The molecule has 0 bridgehead atoms. The predicted molar refractivity (Wildman–Crippen MR) is 133 cm³/mol. The predicted octanol–water partition coefficient (Wildman–Crippen LogP) is 6.68. The molecule has 4 rings (SSSR count). The van der Waals surface area contributed by atoms with Crippen LogP contribution in [0.3, 0.4) is 0 Å². The molecule has 4 heteroatoms. The van der Waals surface area contributed by atoms with Crippen molar-refractivity contribution in [2.45, 2.75) is 97.6 Å². The van der Waals surface area contributed by atoms with Crippen LogP contribution in [0, 0.1) is 22.7 Å². The summed E-state index contributed by atoms with van der Waals surface area (Å²) in [7, 11) is 3.95. The number of likely N-dealkylation sites (tertiary alicyclic amines) is 1. The minimum Gasteiger partial charge on any atom is -0.469 e. The molecule has 0 unspecified atom stereocenters. The Morgan fingerprint density at radius 2 is 2.03 bits per heavy atom. The molecule has 2 aliphatic carbocycles. The molecular formula is C29H46NO3+. The smallest absolute Gasteiger partial charge is 0.311 e. The lowest BCUT2D eigenvalue weighted by Crippen LogP contribution is -2.53. The molecule has 1 saturated heterocycles. The molecule has 4 nitrogen and oxygen atoms in total. The number of hydrogen-bond donors (Lipinski definition) is 0. The number of allylic oxidation sites excluding steroid dienone is 1. The van der Waals surface area contributed by atoms with E-state index in [0.717, 1.165) is 49.6 Å². The molecule has 0 N–H and O–H groups in total. The molecule has 3 fully saturated rings. The maximum atomic E-state index is 12.9. The molecule has 2 heterocycles. The first-order valence-corrected chi connectivity index (χ1v) is 13.3. The average molecular weight is 457 g/mol. The number of carbonyl (C=O) groups excluding carboxylic acids is 1. The number of ether oxygens (including phenoxy) is 1. The van der Waals surface area contributed by atoms with Crippen LogP contribution in [0.2, 0.25) is 0 Å². The van der Waals surface area contributed by atoms with Gasteiger partial charge in [0.1, 0.15) is 6.54 Å². The van der Waals surface area contributed by atoms with Crippen molar-refractivity contribution in [2.24, 2.45) is 22.7 Å². The molecule has 3 aliphatic rings. The maximum Gasteiger partial charge on any atom is 0.311 e. The molecule has 2 saturated carbocycles. The highest BCUT2D eigenvalue weighted by Gasteiger charge is 2.57. The number of furan rings is 1. The van der Waals surface area contributed by atoms with Gasteiger partial charge in [0.05, 0.1) is 38.4 Å². The van der Waals surface area contributed by atoms with Crippen LogP contribution in [0.15, 0.2) is 28.9 Å². The van der Waals surface area contributed by atoms with Gasteiger partial charge in [-0.3, -0.25) is 4.79 Å². The number of aryl methyl sites for hydroxylation is 1. The normalized spacial score (nSPS) is 39.2. The molecule has 33 heavy (non-hydrogen) atoms. The van der Waals surface area contributed by atoms with E-state index < -0.39 is 0 Å². The number of piperidine rings is 1. The van der Waals surface area contributed by atoms with Crippen molar-refractivity contribution in [1.82, 2.24) is 0 Å². The Labute approximate surface area is 201 Å². The third-order valence-electron chi connectivity index (χ3n) is 10.3. The Bertz CT molecular complexity index is 874. The summed E-state index contributed by atoms with van der Waals surface area (Å²) >= 11 is 0. The molecule has 0 spiro atoms. The summed E-state index contributed by atoms with van der Waals surface area (Å²) in [5.41, 5.74) is 2.50. The van der Waals surface area contributed by atoms with Crippen molar-refractivity contribution >= 4 is 5.97 Å². The van der Waals surface area contributed by atoms with Crippen LogP contribution in [0.5, 0.6) is 0 Å². The first-order chi connectivity index (χ1) is 15.6. The van der Waals surface area contributed by atoms with Gasteiger partial charge in [0.25, 0.3) is 0 Å². The Morgan fingerprint density at radius 1 is 1.24 bits per heavy atom. The molecule has 1 aliphatic heterocycles. The van der Waals surface area contributed by atoms with E-state index in [9.17, 15) is 4.79 Å². The zero-order valence-corrected chi connectivity index (χ0v) is 21.8. The molecule has 0 aromatic carbocycles. The van der Waals surface area contributed by atoms with Crippen LogP contribution in [0.25, 0.3) is 0 Å². The summed E-state index contributed by atoms with van der Waals surface area (Å²) in [4.78, 5) is 12.9. The quantitative estimate of drug-likeness (QED) is 0.272. The lowest BCUT2D eigenvalue weighted by atomic mass is 9.46. The van der Waals surface area contributed by atoms with E-state index in [2.05, 4.69) is 40.5 Å². The van der Waals surface area contributed by atoms with Crippen molar-refractivity contribution in [3.63, 3.8) is 0 Å². The Kier molecular flexibility index (Phi) is 6.88. The molecule has 0 radical (unpaired) electrons. The first-order valence-electron chi connectivity index (χ1n) is 13.3. The molecule has 6 atom stereocenters. The fourth-order valence-corrected chi connectivity index (χ4v) is 8.00. The van der Waals surface area contributed by atoms with Gasteiger partial charge in [-0.15, -0.1) is 0 Å². The zero-order chi connectivity index (χ0) is 23.9. The maximum absolute atomic E-state index is 12.9. The van der Waals surface area contributed by atoms with Gasteiger partial charge in [-0.2, -0.15) is 0 Å². The molecular weight excluding hydrogens is 410 g/mol. The van der Waals surface area contributed by atoms with Gasteiger partial charge in [0, 0.05) is 0 Å². The number of esters is 1. The SMILES string of the molecule is C=C1CC[C@H]2[C@](C)(CCC[C@]2(C)C(=O)OC)[C@H]1CCc1ccoc1C[N@+]1(C)CCCC[C@H]1C. The lowest BCUT2D eigenvalue weighted by molar-refractivity contribution is -0.949. The fraction of sp³-hybridized carbons (Fsp3) is 0.759. The molecule has 184 valence electrons. The highest BCUT2D eigenvalue weighted by atomic mass is 16.5. The van der Waals surface area contributed by atoms with Crippen LogP contribution >= 0.6 is 0 Å². The van der Waals surface area contributed by atoms with Gasteiger partial charge in [-0.1, -0.05) is 25.5 Å². The Morgan fingerprint density at radius 3 is 2.76 bits per heavy atom. The zero-order valence-electron chi connectivity index (χ0n) is 21.8. The molecule has 1 aromatic heterocycles. The highest BCUT2D eigenvalue weighted by Crippen LogP contribution is 2.62. The monoisotopic (exact) mass is 456 g/mol. The summed E-state index contributed by atoms with van der Waals surface area (Å²) in [6, 6.07) is 2.88. The number of hydrogen-bond acceptors (Lipinski definition) is 3. The van der Waals surface area contributed by atoms with Crippen molar-refractivity contribution in [3.05, 3.63) is 35.8 Å². The van der Waals surface area contributed by atoms with Crippen LogP contribution < -0.4 is 0 Å². The van der Waals surface area contributed by atoms with Crippen molar-refractivity contribution in [3.8, 4) is 0 Å². The van der Waals surface area contributed by atoms with Crippen molar-refractivity contribution in [1.29, 1.82) is 0 Å². The van der Waals surface area contributed by atoms with Gasteiger partial charge in [-0.25, -0.2) is 0 Å². The topological polar surface area (TPSA) is 39.4 Å². The van der Waals surface area contributed by atoms with Gasteiger partial charge in [-0.05, 0) is 101 Å². The minimum absolute atomic E-state index is 0.0191. The first kappa shape index (κ1) is 24.6. The summed E-state index contributed by atoms with van der Waals surface area (Å²) < 4.78 is 12.4. The van der Waals surface area contributed by atoms with Crippen LogP contribution in [0.4, 0.5) is 0 Å². The van der Waals surface area contributed by atoms with Gasteiger partial charge in [0.2, 0.25) is 0 Å². The number of fused-ring (bicyclic) bond motifs is 1. The van der Waals surface area contributed by atoms with E-state index in [0.29, 0.717) is 17.9 Å². The van der Waals surface area contributed by atoms with Crippen LogP contribution in [0.1, 0.15) is 89.9 Å². The largest absolute Gasteiger partial charge is 0.469 e. The average Bonchev–Trinajstić information content (AvgIpc) is 3.21. The summed E-state index contributed by atoms with van der Waals surface area (Å²) in [6.45, 7) is 13.8. The number of nitrogens with zero attached hydrogens (tertiary/aromatic N) is 1.